The van der Waals surface area contributed by atoms with Gasteiger partial charge in [0.05, 0.1) is 31.2 Å². The molecule has 0 bridgehead atoms. The van der Waals surface area contributed by atoms with Crippen molar-refractivity contribution in [1.29, 1.82) is 0 Å². The highest BCUT2D eigenvalue weighted by atomic mass is 32.2. The molecule has 2 saturated carbocycles. The minimum Gasteiger partial charge on any atom is -0.497 e. The van der Waals surface area contributed by atoms with Crippen LogP contribution in [0, 0.1) is 5.92 Å². The van der Waals surface area contributed by atoms with Crippen molar-refractivity contribution in [2.45, 2.75) is 93.9 Å². The second-order valence-electron chi connectivity index (χ2n) is 17.1. The Kier molecular flexibility index (Phi) is 12.0. The number of carbonyl (C=O) groups excluding carboxylic acids is 4. The monoisotopic (exact) mass is 846 g/mol. The SMILES string of the molecule is COc1ccc(-c2cc3cc(N(C)C)ccc3c(O[C@@H]3C[C@H]4C(=O)N[C@]5(C(=O)NS(=O)(=O)C6CC6)C[C@H]5/C=C\CCCOC[C@H](NC(=O)OC(C)(C)C)C(=O)N4C3)n2)cc1. The molecular formula is C43H54N6O10S. The average Bonchev–Trinajstić information content (AvgIpc) is 4.12. The van der Waals surface area contributed by atoms with E-state index in [1.54, 1.807) is 27.9 Å². The van der Waals surface area contributed by atoms with Gasteiger partial charge in [0, 0.05) is 49.7 Å². The van der Waals surface area contributed by atoms with Crippen LogP contribution in [0.3, 0.4) is 0 Å². The fourth-order valence-corrected chi connectivity index (χ4v) is 8.94. The molecule has 16 nitrogen and oxygen atoms in total. The summed E-state index contributed by atoms with van der Waals surface area (Å²) in [5, 5.41) is 6.42. The van der Waals surface area contributed by atoms with Gasteiger partial charge < -0.3 is 39.4 Å². The summed E-state index contributed by atoms with van der Waals surface area (Å²) in [5.41, 5.74) is -0.0262. The van der Waals surface area contributed by atoms with Gasteiger partial charge in [0.15, 0.2) is 0 Å². The number of nitrogens with one attached hydrogen (secondary N) is 3. The Morgan fingerprint density at radius 3 is 2.50 bits per heavy atom. The fraction of sp³-hybridized carbons (Fsp3) is 0.512. The molecule has 2 aliphatic carbocycles. The van der Waals surface area contributed by atoms with Crippen LogP contribution in [0.4, 0.5) is 10.5 Å². The topological polar surface area (TPSA) is 195 Å². The summed E-state index contributed by atoms with van der Waals surface area (Å²) in [5.74, 6) is -1.63. The van der Waals surface area contributed by atoms with Gasteiger partial charge in [0.2, 0.25) is 27.7 Å². The molecule has 0 spiro atoms. The zero-order chi connectivity index (χ0) is 43.0. The molecule has 4 amide bonds. The third-order valence-corrected chi connectivity index (χ3v) is 12.9. The number of allylic oxidation sites excluding steroid dienone is 1. The van der Waals surface area contributed by atoms with Crippen LogP contribution in [0.2, 0.25) is 0 Å². The van der Waals surface area contributed by atoms with Crippen LogP contribution in [0.1, 0.15) is 59.3 Å². The predicted octanol–water partition coefficient (Wildman–Crippen LogP) is 4.07. The van der Waals surface area contributed by atoms with Crippen LogP contribution in [0.5, 0.6) is 11.6 Å². The summed E-state index contributed by atoms with van der Waals surface area (Å²) in [6, 6.07) is 12.9. The van der Waals surface area contributed by atoms with Crippen LogP contribution in [-0.2, 0) is 33.9 Å². The number of sulfonamides is 1. The molecule has 3 heterocycles. The van der Waals surface area contributed by atoms with Crippen molar-refractivity contribution < 1.29 is 46.5 Å². The Bertz CT molecular complexity index is 2270. The van der Waals surface area contributed by atoms with Gasteiger partial charge in [-0.2, -0.15) is 0 Å². The first kappa shape index (κ1) is 42.7. The van der Waals surface area contributed by atoms with Crippen LogP contribution in [0.15, 0.2) is 60.7 Å². The molecule has 0 radical (unpaired) electrons. The van der Waals surface area contributed by atoms with E-state index >= 15 is 0 Å². The number of ether oxygens (including phenoxy) is 4. The molecule has 5 atom stereocenters. The van der Waals surface area contributed by atoms with Gasteiger partial charge in [-0.05, 0) is 107 Å². The highest BCUT2D eigenvalue weighted by Crippen LogP contribution is 2.46. The molecular weight excluding hydrogens is 793 g/mol. The first-order valence-electron chi connectivity index (χ1n) is 20.3. The number of aromatic nitrogens is 1. The second kappa shape index (κ2) is 16.9. The van der Waals surface area contributed by atoms with Crippen molar-refractivity contribution in [2.24, 2.45) is 5.92 Å². The van der Waals surface area contributed by atoms with E-state index in [-0.39, 0.29) is 38.5 Å². The summed E-state index contributed by atoms with van der Waals surface area (Å²) >= 11 is 0. The lowest BCUT2D eigenvalue weighted by molar-refractivity contribution is -0.142. The van der Waals surface area contributed by atoms with Crippen LogP contribution < -0.4 is 29.7 Å². The molecule has 60 heavy (non-hydrogen) atoms. The van der Waals surface area contributed by atoms with Crippen molar-refractivity contribution in [1.82, 2.24) is 25.2 Å². The third kappa shape index (κ3) is 9.62. The number of alkyl carbamates (subject to hydrolysis) is 1. The second-order valence-corrected chi connectivity index (χ2v) is 19.1. The number of carbonyl (C=O) groups is 4. The van der Waals surface area contributed by atoms with E-state index in [2.05, 4.69) is 15.4 Å². The maximum atomic E-state index is 14.6. The largest absolute Gasteiger partial charge is 0.497 e. The molecule has 3 fully saturated rings. The number of amides is 4. The zero-order valence-electron chi connectivity index (χ0n) is 34.9. The quantitative estimate of drug-likeness (QED) is 0.262. The van der Waals surface area contributed by atoms with Crippen molar-refractivity contribution in [3.8, 4) is 22.9 Å². The zero-order valence-corrected chi connectivity index (χ0v) is 35.7. The number of methoxy groups -OCH3 is 1. The Hall–Kier alpha value is -5.42. The smallest absolute Gasteiger partial charge is 0.408 e. The van der Waals surface area contributed by atoms with E-state index in [0.717, 1.165) is 16.6 Å². The van der Waals surface area contributed by atoms with E-state index in [4.69, 9.17) is 23.9 Å². The Labute approximate surface area is 350 Å². The van der Waals surface area contributed by atoms with Gasteiger partial charge in [-0.1, -0.05) is 12.2 Å². The van der Waals surface area contributed by atoms with Crippen LogP contribution in [-0.4, -0.2) is 118 Å². The number of nitrogens with zero attached hydrogens (tertiary/aromatic N) is 3. The van der Waals surface area contributed by atoms with Crippen molar-refractivity contribution in [3.63, 3.8) is 0 Å². The fourth-order valence-electron chi connectivity index (χ4n) is 7.58. The van der Waals surface area contributed by atoms with Crippen molar-refractivity contribution in [2.75, 3.05) is 45.9 Å². The Balaban J connectivity index is 1.24. The van der Waals surface area contributed by atoms with Crippen LogP contribution >= 0.6 is 0 Å². The predicted molar refractivity (Wildman–Crippen MR) is 224 cm³/mol. The van der Waals surface area contributed by atoms with E-state index in [0.29, 0.717) is 42.5 Å². The van der Waals surface area contributed by atoms with Crippen molar-refractivity contribution >= 4 is 50.3 Å². The van der Waals surface area contributed by atoms with Gasteiger partial charge in [-0.15, -0.1) is 0 Å². The summed E-state index contributed by atoms with van der Waals surface area (Å²) in [7, 11) is 1.56. The summed E-state index contributed by atoms with van der Waals surface area (Å²) in [6.07, 6.45) is 4.26. The number of hydrogen-bond donors (Lipinski definition) is 3. The lowest BCUT2D eigenvalue weighted by Gasteiger charge is -2.30. The molecule has 17 heteroatoms. The minimum absolute atomic E-state index is 0.0120. The highest BCUT2D eigenvalue weighted by Gasteiger charge is 2.62. The van der Waals surface area contributed by atoms with Gasteiger partial charge >= 0.3 is 6.09 Å². The molecule has 3 aromatic rings. The van der Waals surface area contributed by atoms with E-state index in [1.165, 1.54) is 4.90 Å². The van der Waals surface area contributed by atoms with Gasteiger partial charge in [-0.3, -0.25) is 19.1 Å². The van der Waals surface area contributed by atoms with Gasteiger partial charge in [0.1, 0.15) is 35.1 Å². The van der Waals surface area contributed by atoms with Crippen LogP contribution in [0.25, 0.3) is 22.0 Å². The van der Waals surface area contributed by atoms with E-state index in [1.807, 2.05) is 79.7 Å². The van der Waals surface area contributed by atoms with Gasteiger partial charge in [0.25, 0.3) is 5.91 Å². The minimum atomic E-state index is -3.93. The molecule has 2 aliphatic heterocycles. The highest BCUT2D eigenvalue weighted by molar-refractivity contribution is 7.91. The maximum absolute atomic E-state index is 14.6. The molecule has 1 aromatic heterocycles. The molecule has 3 N–H and O–H groups in total. The molecule has 0 unspecified atom stereocenters. The number of benzene rings is 2. The maximum Gasteiger partial charge on any atom is 0.408 e. The van der Waals surface area contributed by atoms with E-state index in [9.17, 15) is 27.6 Å². The molecule has 4 aliphatic rings. The average molecular weight is 847 g/mol. The van der Waals surface area contributed by atoms with E-state index < -0.39 is 74.3 Å². The number of anilines is 1. The summed E-state index contributed by atoms with van der Waals surface area (Å²) in [4.78, 5) is 64.4. The number of rotatable bonds is 9. The lowest BCUT2D eigenvalue weighted by Crippen LogP contribution is -2.59. The number of pyridine rings is 1. The third-order valence-electron chi connectivity index (χ3n) is 11.1. The van der Waals surface area contributed by atoms with Gasteiger partial charge in [-0.25, -0.2) is 18.2 Å². The Morgan fingerprint density at radius 1 is 1.07 bits per heavy atom. The molecule has 2 aromatic carbocycles. The lowest BCUT2D eigenvalue weighted by atomic mass is 10.1. The number of hydrogen-bond acceptors (Lipinski definition) is 12. The summed E-state index contributed by atoms with van der Waals surface area (Å²) in [6.45, 7) is 5.07. The first-order chi connectivity index (χ1) is 28.5. The summed E-state index contributed by atoms with van der Waals surface area (Å²) < 4.78 is 51.5. The number of fused-ring (bicyclic) bond motifs is 3. The van der Waals surface area contributed by atoms with Crippen molar-refractivity contribution in [3.05, 3.63) is 60.7 Å². The molecule has 7 rings (SSSR count). The standard InChI is InChI=1S/C43H54N6O10S/c1-42(2,3)59-41(53)45-35-25-57-19-9-7-8-10-28-23-43(28,40(52)47-60(54,55)32-16-17-32)46-37(50)36-22-31(24-49(36)39(35)51)58-38-33-18-13-29(48(4)5)20-27(33)21-34(44-38)26-11-14-30(56-6)15-12-26/h8,10-15,18,20-21,28,31-32,35-36H,7,9,16-17,19,22-25H2,1-6H3,(H,45,53)(H,46,50)(H,47,52)/b10-8-/t28-,31-,35+,36+,43-/m1/s1. The normalized spacial score (nSPS) is 25.4. The molecule has 322 valence electrons. The molecule has 1 saturated heterocycles. The Morgan fingerprint density at radius 2 is 1.82 bits per heavy atom. The first-order valence-corrected chi connectivity index (χ1v) is 21.9.